The first-order chi connectivity index (χ1) is 31.6. The predicted molar refractivity (Wildman–Crippen MR) is 265 cm³/mol. The molecule has 64 heavy (non-hydrogen) atoms. The van der Waals surface area contributed by atoms with E-state index in [4.69, 9.17) is 39.9 Å². The molecule has 0 amide bonds. The molecule has 0 atom stereocenters. The van der Waals surface area contributed by atoms with Gasteiger partial charge in [0.05, 0.1) is 90.7 Å². The summed E-state index contributed by atoms with van der Waals surface area (Å²) in [7, 11) is 0. The molecular weight excluding hydrogens is 785 g/mol. The van der Waals surface area contributed by atoms with Gasteiger partial charge in [-0.3, -0.25) is 19.9 Å². The first kappa shape index (κ1) is 42.5. The Labute approximate surface area is 378 Å². The monoisotopic (exact) mass is 840 g/mol. The smallest absolute Gasteiger partial charge is 0.0777 e. The van der Waals surface area contributed by atoms with E-state index in [1.165, 1.54) is 22.3 Å². The molecule has 0 spiro atoms. The van der Waals surface area contributed by atoms with Gasteiger partial charge in [0.1, 0.15) is 0 Å². The van der Waals surface area contributed by atoms with Gasteiger partial charge in [0.2, 0.25) is 0 Å². The molecule has 4 aromatic heterocycles. The average molecular weight is 841 g/mol. The summed E-state index contributed by atoms with van der Waals surface area (Å²) in [6.45, 7) is 8.92. The molecule has 0 radical (unpaired) electrons. The van der Waals surface area contributed by atoms with Crippen LogP contribution in [-0.4, -0.2) is 42.8 Å². The van der Waals surface area contributed by atoms with E-state index < -0.39 is 0 Å². The molecule has 0 saturated heterocycles. The molecule has 9 rings (SSSR count). The molecule has 8 heteroatoms. The zero-order valence-corrected chi connectivity index (χ0v) is 37.6. The molecular formula is C56H56N8. The van der Waals surface area contributed by atoms with E-state index in [1.807, 2.05) is 49.1 Å². The lowest BCUT2D eigenvalue weighted by Crippen LogP contribution is -2.09. The number of hydrogen-bond donors (Lipinski definition) is 0. The van der Waals surface area contributed by atoms with Gasteiger partial charge in [0.25, 0.3) is 0 Å². The van der Waals surface area contributed by atoms with Crippen LogP contribution in [0.25, 0.3) is 22.3 Å². The molecule has 8 bridgehead atoms. The van der Waals surface area contributed by atoms with Crippen molar-refractivity contribution in [2.75, 3.05) is 0 Å². The van der Waals surface area contributed by atoms with Gasteiger partial charge in [-0.1, -0.05) is 77.6 Å². The van der Waals surface area contributed by atoms with Crippen molar-refractivity contribution in [3.63, 3.8) is 0 Å². The van der Waals surface area contributed by atoms with Crippen LogP contribution in [0.3, 0.4) is 0 Å². The first-order valence-corrected chi connectivity index (χ1v) is 23.4. The number of rotatable bonds is 16. The third kappa shape index (κ3) is 8.61. The fraction of sp³-hybridized carbons (Fsp3) is 0.286. The molecule has 8 nitrogen and oxygen atoms in total. The number of aliphatic imine (C=N–C) groups is 4. The van der Waals surface area contributed by atoms with E-state index in [1.54, 1.807) is 0 Å². The SMILES string of the molecule is CCCCc1cccnc1C1=C2C=CC(=N2)C(c2ncccc2CCCC)=C2C=CC(=N2)C(c2ncccc2CCCC)=C2C=CC(=N2)C(c2ncccc2CCCC)=C2C=CC1=N2. The second-order valence-corrected chi connectivity index (χ2v) is 16.8. The molecule has 5 aliphatic rings. The van der Waals surface area contributed by atoms with Crippen LogP contribution in [0.1, 0.15) is 124 Å². The lowest BCUT2D eigenvalue weighted by Gasteiger charge is -2.15. The van der Waals surface area contributed by atoms with Crippen LogP contribution in [0, 0.1) is 0 Å². The van der Waals surface area contributed by atoms with Crippen LogP contribution in [0.15, 0.2) is 165 Å². The highest BCUT2D eigenvalue weighted by Gasteiger charge is 2.31. The van der Waals surface area contributed by atoms with Crippen LogP contribution < -0.4 is 0 Å². The highest BCUT2D eigenvalue weighted by atomic mass is 14.9. The van der Waals surface area contributed by atoms with Crippen LogP contribution in [0.4, 0.5) is 0 Å². The fourth-order valence-corrected chi connectivity index (χ4v) is 8.99. The number of pyridine rings is 4. The summed E-state index contributed by atoms with van der Waals surface area (Å²) in [6, 6.07) is 16.9. The molecule has 0 N–H and O–H groups in total. The largest absolute Gasteiger partial charge is 0.256 e. The van der Waals surface area contributed by atoms with Gasteiger partial charge in [0.15, 0.2) is 0 Å². The Morgan fingerprint density at radius 2 is 0.547 bits per heavy atom. The topological polar surface area (TPSA) is 101 Å². The summed E-state index contributed by atoms with van der Waals surface area (Å²) in [5.41, 5.74) is 18.3. The third-order valence-corrected chi connectivity index (χ3v) is 12.3. The van der Waals surface area contributed by atoms with Gasteiger partial charge in [0, 0.05) is 24.8 Å². The lowest BCUT2D eigenvalue weighted by atomic mass is 9.96. The second kappa shape index (κ2) is 19.7. The van der Waals surface area contributed by atoms with Gasteiger partial charge in [-0.25, -0.2) is 20.0 Å². The van der Waals surface area contributed by atoms with Crippen molar-refractivity contribution >= 4 is 45.1 Å². The second-order valence-electron chi connectivity index (χ2n) is 16.8. The van der Waals surface area contributed by atoms with Crippen LogP contribution in [0.2, 0.25) is 0 Å². The number of unbranched alkanes of at least 4 members (excludes halogenated alkanes) is 4. The van der Waals surface area contributed by atoms with Gasteiger partial charge in [-0.15, -0.1) is 0 Å². The normalized spacial score (nSPS) is 16.4. The van der Waals surface area contributed by atoms with Crippen molar-refractivity contribution < 1.29 is 0 Å². The van der Waals surface area contributed by atoms with E-state index in [-0.39, 0.29) is 0 Å². The maximum Gasteiger partial charge on any atom is 0.0777 e. The van der Waals surface area contributed by atoms with Gasteiger partial charge >= 0.3 is 0 Å². The summed E-state index contributed by atoms with van der Waals surface area (Å²) in [6.07, 6.45) is 36.6. The highest BCUT2D eigenvalue weighted by molar-refractivity contribution is 6.39. The van der Waals surface area contributed by atoms with Crippen LogP contribution in [0.5, 0.6) is 0 Å². The number of fused-ring (bicyclic) bond motifs is 4. The molecule has 5 aliphatic heterocycles. The van der Waals surface area contributed by atoms with Crippen molar-refractivity contribution in [1.82, 2.24) is 19.9 Å². The van der Waals surface area contributed by atoms with Gasteiger partial charge < -0.3 is 0 Å². The summed E-state index contributed by atoms with van der Waals surface area (Å²) >= 11 is 0. The van der Waals surface area contributed by atoms with E-state index in [9.17, 15) is 0 Å². The van der Waals surface area contributed by atoms with Crippen LogP contribution >= 0.6 is 0 Å². The number of hydrogen-bond acceptors (Lipinski definition) is 8. The Morgan fingerprint density at radius 1 is 0.312 bits per heavy atom. The van der Waals surface area contributed by atoms with E-state index in [0.717, 1.165) is 168 Å². The van der Waals surface area contributed by atoms with Crippen molar-refractivity contribution in [2.45, 2.75) is 105 Å². The molecule has 320 valence electrons. The predicted octanol–water partition coefficient (Wildman–Crippen LogP) is 12.6. The molecule has 9 heterocycles. The van der Waals surface area contributed by atoms with Gasteiger partial charge in [-0.2, -0.15) is 0 Å². The summed E-state index contributed by atoms with van der Waals surface area (Å²) in [5.74, 6) is 0. The first-order valence-electron chi connectivity index (χ1n) is 23.4. The molecule has 0 fully saturated rings. The Hall–Kier alpha value is -6.80. The van der Waals surface area contributed by atoms with Crippen molar-refractivity contribution in [2.24, 2.45) is 20.0 Å². The average Bonchev–Trinajstić information content (AvgIpc) is 4.19. The van der Waals surface area contributed by atoms with Crippen LogP contribution in [-0.2, 0) is 25.7 Å². The Kier molecular flexibility index (Phi) is 13.1. The number of aryl methyl sites for hydroxylation is 4. The molecule has 0 aromatic carbocycles. The van der Waals surface area contributed by atoms with Crippen molar-refractivity contribution in [3.8, 4) is 0 Å². The van der Waals surface area contributed by atoms with E-state index in [2.05, 4.69) is 101 Å². The Balaban J connectivity index is 1.38. The van der Waals surface area contributed by atoms with E-state index >= 15 is 0 Å². The summed E-state index contributed by atoms with van der Waals surface area (Å²) < 4.78 is 0. The van der Waals surface area contributed by atoms with Crippen molar-refractivity contribution in [3.05, 3.63) is 190 Å². The molecule has 0 unspecified atom stereocenters. The molecule has 0 aliphatic carbocycles. The fourth-order valence-electron chi connectivity index (χ4n) is 8.99. The highest BCUT2D eigenvalue weighted by Crippen LogP contribution is 2.40. The third-order valence-electron chi connectivity index (χ3n) is 12.3. The number of allylic oxidation sites excluding steroid dienone is 12. The number of aromatic nitrogens is 4. The summed E-state index contributed by atoms with van der Waals surface area (Å²) in [5, 5.41) is 0. The summed E-state index contributed by atoms with van der Waals surface area (Å²) in [4.78, 5) is 42.6. The van der Waals surface area contributed by atoms with E-state index in [0.29, 0.717) is 0 Å². The minimum Gasteiger partial charge on any atom is -0.256 e. The number of nitrogens with zero attached hydrogens (tertiary/aromatic N) is 8. The maximum atomic E-state index is 5.54. The van der Waals surface area contributed by atoms with Gasteiger partial charge in [-0.05, 0) is 146 Å². The molecule has 4 aromatic rings. The minimum atomic E-state index is 0.802. The lowest BCUT2D eigenvalue weighted by molar-refractivity contribution is 0.790. The maximum absolute atomic E-state index is 5.54. The molecule has 0 saturated carbocycles. The Morgan fingerprint density at radius 3 is 0.766 bits per heavy atom. The zero-order valence-electron chi connectivity index (χ0n) is 37.6. The Bertz CT molecular complexity index is 2480. The van der Waals surface area contributed by atoms with Crippen molar-refractivity contribution in [1.29, 1.82) is 0 Å². The minimum absolute atomic E-state index is 0.802. The zero-order chi connectivity index (χ0) is 43.8. The quantitative estimate of drug-likeness (QED) is 0.112. The standard InChI is InChI=1S/C56H56N8/c1-5-9-17-37-21-13-33-57-53(37)49-41-25-27-43(61-41)50(54-38(18-10-6-2)22-14-34-58-54)45-29-31-47(63-45)52(56-40(20-12-8-4)24-16-36-60-56)48-32-30-46(64-48)51(44-28-26-42(49)62-44)55-39(19-11-7-3)23-15-35-59-55/h13-16,21-36H,5-12,17-20H2,1-4H3.